The van der Waals surface area contributed by atoms with Crippen molar-refractivity contribution in [1.82, 2.24) is 9.66 Å². The fourth-order valence-electron chi connectivity index (χ4n) is 4.09. The van der Waals surface area contributed by atoms with Gasteiger partial charge in [-0.25, -0.2) is 4.98 Å². The minimum atomic E-state index is -0.415. The van der Waals surface area contributed by atoms with E-state index < -0.39 is 5.41 Å². The molecule has 0 aliphatic rings. The van der Waals surface area contributed by atoms with Crippen molar-refractivity contribution in [2.24, 2.45) is 5.10 Å². The van der Waals surface area contributed by atoms with Crippen molar-refractivity contribution in [1.29, 1.82) is 0 Å². The van der Waals surface area contributed by atoms with Crippen LogP contribution in [0.2, 0.25) is 5.02 Å². The van der Waals surface area contributed by atoms with Gasteiger partial charge in [0.2, 0.25) is 0 Å². The molecule has 1 heterocycles. The van der Waals surface area contributed by atoms with Crippen molar-refractivity contribution in [2.75, 3.05) is 6.61 Å². The predicted octanol–water partition coefficient (Wildman–Crippen LogP) is 7.70. The Labute approximate surface area is 242 Å². The third kappa shape index (κ3) is 6.78. The second kappa shape index (κ2) is 12.2. The van der Waals surface area contributed by atoms with Gasteiger partial charge in [0.1, 0.15) is 12.4 Å². The van der Waals surface area contributed by atoms with E-state index >= 15 is 0 Å². The minimum absolute atomic E-state index is 0.235. The fraction of sp³-hybridized carbons (Fsp3) is 0.258. The maximum atomic E-state index is 13.5. The van der Waals surface area contributed by atoms with Gasteiger partial charge in [0.05, 0.1) is 23.7 Å². The predicted molar refractivity (Wildman–Crippen MR) is 163 cm³/mol. The van der Waals surface area contributed by atoms with Crippen LogP contribution in [0.25, 0.3) is 10.9 Å². The molecule has 4 rings (SSSR count). The summed E-state index contributed by atoms with van der Waals surface area (Å²) in [5.41, 5.74) is 2.63. The molecule has 0 amide bonds. The fourth-order valence-corrected chi connectivity index (χ4v) is 4.58. The lowest BCUT2D eigenvalue weighted by atomic mass is 9.95. The first kappa shape index (κ1) is 28.6. The maximum absolute atomic E-state index is 13.5. The standard InChI is InChI=1S/C31H31BrClN3O3/c1-6-8-22-15-21(16-27(38-7-2)28(22)39-19-20-9-12-24(33)13-10-20)18-34-36-29(37)25-17-23(32)11-14-26(25)35-30(36)31(3,4)5/h6,9-18H,1,7-8,19H2,2-5H3. The highest BCUT2D eigenvalue weighted by Crippen LogP contribution is 2.34. The van der Waals surface area contributed by atoms with E-state index in [1.54, 1.807) is 12.3 Å². The van der Waals surface area contributed by atoms with Gasteiger partial charge in [-0.05, 0) is 66.9 Å². The normalized spacial score (nSPS) is 11.7. The summed E-state index contributed by atoms with van der Waals surface area (Å²) in [6.45, 7) is 12.7. The van der Waals surface area contributed by atoms with E-state index in [1.165, 1.54) is 4.68 Å². The lowest BCUT2D eigenvalue weighted by Crippen LogP contribution is -2.29. The largest absolute Gasteiger partial charge is 0.490 e. The number of benzene rings is 3. The number of nitrogens with zero attached hydrogens (tertiary/aromatic N) is 3. The molecule has 0 N–H and O–H groups in total. The molecule has 1 aromatic heterocycles. The van der Waals surface area contributed by atoms with Gasteiger partial charge in [-0.15, -0.1) is 6.58 Å². The first-order valence-corrected chi connectivity index (χ1v) is 13.8. The number of allylic oxidation sites excluding steroid dienone is 1. The minimum Gasteiger partial charge on any atom is -0.490 e. The Morgan fingerprint density at radius 2 is 1.85 bits per heavy atom. The van der Waals surface area contributed by atoms with Crippen LogP contribution in [-0.4, -0.2) is 22.5 Å². The summed E-state index contributed by atoms with van der Waals surface area (Å²) in [6.07, 6.45) is 4.03. The molecule has 0 saturated carbocycles. The van der Waals surface area contributed by atoms with Crippen LogP contribution >= 0.6 is 27.5 Å². The van der Waals surface area contributed by atoms with Crippen molar-refractivity contribution in [3.8, 4) is 11.5 Å². The van der Waals surface area contributed by atoms with Crippen LogP contribution in [-0.2, 0) is 18.4 Å². The smallest absolute Gasteiger partial charge is 0.282 e. The van der Waals surface area contributed by atoms with E-state index in [2.05, 4.69) is 27.6 Å². The zero-order chi connectivity index (χ0) is 28.2. The molecule has 0 aliphatic carbocycles. The molecule has 0 aliphatic heterocycles. The summed E-state index contributed by atoms with van der Waals surface area (Å²) >= 11 is 9.48. The van der Waals surface area contributed by atoms with Crippen molar-refractivity contribution in [3.63, 3.8) is 0 Å². The quantitative estimate of drug-likeness (QED) is 0.144. The monoisotopic (exact) mass is 607 g/mol. The lowest BCUT2D eigenvalue weighted by Gasteiger charge is -2.21. The summed E-state index contributed by atoms with van der Waals surface area (Å²) in [6, 6.07) is 16.8. The number of ether oxygens (including phenoxy) is 2. The Kier molecular flexibility index (Phi) is 8.93. The lowest BCUT2D eigenvalue weighted by molar-refractivity contribution is 0.267. The van der Waals surface area contributed by atoms with Gasteiger partial charge in [-0.3, -0.25) is 4.79 Å². The molecule has 3 aromatic carbocycles. The second-order valence-electron chi connectivity index (χ2n) is 10.1. The summed E-state index contributed by atoms with van der Waals surface area (Å²) in [7, 11) is 0. The highest BCUT2D eigenvalue weighted by molar-refractivity contribution is 9.10. The van der Waals surface area contributed by atoms with Gasteiger partial charge in [-0.1, -0.05) is 66.5 Å². The molecule has 0 atom stereocenters. The molecule has 0 fully saturated rings. The topological polar surface area (TPSA) is 65.7 Å². The number of fused-ring (bicyclic) bond motifs is 1. The van der Waals surface area contributed by atoms with Gasteiger partial charge in [0, 0.05) is 20.5 Å². The molecule has 6 nitrogen and oxygen atoms in total. The first-order valence-electron chi connectivity index (χ1n) is 12.7. The van der Waals surface area contributed by atoms with Crippen LogP contribution in [0.15, 0.2) is 81.6 Å². The Morgan fingerprint density at radius 3 is 2.51 bits per heavy atom. The van der Waals surface area contributed by atoms with Crippen LogP contribution < -0.4 is 15.0 Å². The molecule has 0 unspecified atom stereocenters. The number of aromatic nitrogens is 2. The Balaban J connectivity index is 1.78. The van der Waals surface area contributed by atoms with Crippen LogP contribution in [0.1, 0.15) is 50.2 Å². The van der Waals surface area contributed by atoms with Crippen molar-refractivity contribution < 1.29 is 9.47 Å². The van der Waals surface area contributed by atoms with E-state index in [0.717, 1.165) is 21.2 Å². The highest BCUT2D eigenvalue weighted by Gasteiger charge is 2.23. The summed E-state index contributed by atoms with van der Waals surface area (Å²) in [4.78, 5) is 18.3. The van der Waals surface area contributed by atoms with Crippen LogP contribution in [0.5, 0.6) is 11.5 Å². The summed E-state index contributed by atoms with van der Waals surface area (Å²) in [5, 5.41) is 5.79. The van der Waals surface area contributed by atoms with Crippen molar-refractivity contribution in [2.45, 2.75) is 46.1 Å². The van der Waals surface area contributed by atoms with Crippen LogP contribution in [0, 0.1) is 0 Å². The van der Waals surface area contributed by atoms with E-state index in [4.69, 9.17) is 26.1 Å². The van der Waals surface area contributed by atoms with E-state index in [0.29, 0.717) is 52.9 Å². The molecular formula is C31H31BrClN3O3. The Bertz CT molecular complexity index is 1590. The summed E-state index contributed by atoms with van der Waals surface area (Å²) < 4.78 is 14.4. The van der Waals surface area contributed by atoms with Gasteiger partial charge in [-0.2, -0.15) is 9.78 Å². The average molecular weight is 609 g/mol. The number of halogens is 2. The van der Waals surface area contributed by atoms with E-state index in [9.17, 15) is 4.79 Å². The second-order valence-corrected chi connectivity index (χ2v) is 11.4. The zero-order valence-corrected chi connectivity index (χ0v) is 24.8. The molecule has 0 radical (unpaired) electrons. The zero-order valence-electron chi connectivity index (χ0n) is 22.5. The Morgan fingerprint density at radius 1 is 1.10 bits per heavy atom. The molecule has 202 valence electrons. The van der Waals surface area contributed by atoms with Crippen LogP contribution in [0.4, 0.5) is 0 Å². The van der Waals surface area contributed by atoms with E-state index in [-0.39, 0.29) is 5.56 Å². The third-order valence-corrected chi connectivity index (χ3v) is 6.66. The number of hydrogen-bond acceptors (Lipinski definition) is 5. The van der Waals surface area contributed by atoms with Gasteiger partial charge < -0.3 is 9.47 Å². The SMILES string of the molecule is C=CCc1cc(C=Nn2c(C(C)(C)C)nc3ccc(Br)cc3c2=O)cc(OCC)c1OCc1ccc(Cl)cc1. The molecule has 39 heavy (non-hydrogen) atoms. The van der Waals surface area contributed by atoms with Gasteiger partial charge in [0.25, 0.3) is 5.56 Å². The first-order chi connectivity index (χ1) is 18.6. The molecular weight excluding hydrogens is 578 g/mol. The van der Waals surface area contributed by atoms with Crippen LogP contribution in [0.3, 0.4) is 0 Å². The molecule has 8 heteroatoms. The maximum Gasteiger partial charge on any atom is 0.282 e. The van der Waals surface area contributed by atoms with Crippen molar-refractivity contribution >= 4 is 44.6 Å². The molecule has 0 bridgehead atoms. The van der Waals surface area contributed by atoms with Gasteiger partial charge >= 0.3 is 0 Å². The van der Waals surface area contributed by atoms with Gasteiger partial charge in [0.15, 0.2) is 11.5 Å². The average Bonchev–Trinajstić information content (AvgIpc) is 2.88. The van der Waals surface area contributed by atoms with E-state index in [1.807, 2.05) is 82.3 Å². The highest BCUT2D eigenvalue weighted by atomic mass is 79.9. The summed E-state index contributed by atoms with van der Waals surface area (Å²) in [5.74, 6) is 1.81. The molecule has 0 spiro atoms. The van der Waals surface area contributed by atoms with Crippen molar-refractivity contribution in [3.05, 3.63) is 110 Å². The number of rotatable bonds is 9. The number of hydrogen-bond donors (Lipinski definition) is 0. The Hall–Kier alpha value is -3.42. The third-order valence-electron chi connectivity index (χ3n) is 5.92. The molecule has 0 saturated heterocycles. The molecule has 4 aromatic rings.